The van der Waals surface area contributed by atoms with E-state index in [9.17, 15) is 4.79 Å². The van der Waals surface area contributed by atoms with Gasteiger partial charge in [-0.15, -0.1) is 27.0 Å². The van der Waals surface area contributed by atoms with Crippen molar-refractivity contribution in [2.24, 2.45) is 0 Å². The molecular weight excluding hydrogens is 370 g/mol. The fraction of sp³-hybridized carbons (Fsp3) is 0.250. The second-order valence-corrected chi connectivity index (χ2v) is 7.81. The minimum absolute atomic E-state index is 0.162. The molecule has 0 spiro atoms. The molecule has 0 radical (unpaired) electrons. The zero-order valence-electron chi connectivity index (χ0n) is 14.3. The summed E-state index contributed by atoms with van der Waals surface area (Å²) in [5.41, 5.74) is 0.905. The Hall–Kier alpha value is -2.59. The van der Waals surface area contributed by atoms with Crippen LogP contribution < -0.4 is 5.32 Å². The molecule has 1 atom stereocenters. The molecule has 0 aromatic carbocycles. The van der Waals surface area contributed by atoms with E-state index in [1.807, 2.05) is 30.5 Å². The summed E-state index contributed by atoms with van der Waals surface area (Å²) in [5, 5.41) is 20.7. The lowest BCUT2D eigenvalue weighted by Crippen LogP contribution is -2.22. The number of hydrogen-bond acceptors (Lipinski definition) is 8. The van der Waals surface area contributed by atoms with Crippen LogP contribution in [0.4, 0.5) is 5.13 Å². The highest BCUT2D eigenvalue weighted by atomic mass is 32.2. The smallest absolute Gasteiger partial charge is 0.239 e. The minimum atomic E-state index is -0.378. The molecule has 1 N–H and O–H groups in total. The first-order valence-electron chi connectivity index (χ1n) is 7.80. The Morgan fingerprint density at radius 3 is 2.77 bits per heavy atom. The number of rotatable bonds is 7. The van der Waals surface area contributed by atoms with Gasteiger partial charge in [-0.1, -0.05) is 29.2 Å². The highest BCUT2D eigenvalue weighted by Gasteiger charge is 2.21. The molecule has 0 saturated carbocycles. The van der Waals surface area contributed by atoms with Crippen LogP contribution in [0, 0.1) is 6.92 Å². The molecule has 0 fully saturated rings. The summed E-state index contributed by atoms with van der Waals surface area (Å²) in [4.78, 5) is 16.4. The van der Waals surface area contributed by atoms with Crippen LogP contribution in [0.2, 0.25) is 0 Å². The summed E-state index contributed by atoms with van der Waals surface area (Å²) in [6, 6.07) is 3.73. The fourth-order valence-corrected chi connectivity index (χ4v) is 3.60. The van der Waals surface area contributed by atoms with Crippen LogP contribution >= 0.6 is 23.1 Å². The van der Waals surface area contributed by atoms with E-state index < -0.39 is 0 Å². The molecule has 3 aromatic rings. The van der Waals surface area contributed by atoms with E-state index in [1.165, 1.54) is 23.1 Å². The number of amides is 1. The molecule has 3 aromatic heterocycles. The van der Waals surface area contributed by atoms with Gasteiger partial charge in [-0.3, -0.25) is 19.7 Å². The summed E-state index contributed by atoms with van der Waals surface area (Å²) in [6.07, 6.45) is 5.18. The van der Waals surface area contributed by atoms with Gasteiger partial charge in [0.2, 0.25) is 11.0 Å². The van der Waals surface area contributed by atoms with Crippen molar-refractivity contribution in [3.05, 3.63) is 42.2 Å². The molecule has 8 nitrogen and oxygen atoms in total. The van der Waals surface area contributed by atoms with Crippen molar-refractivity contribution in [3.8, 4) is 11.4 Å². The molecule has 134 valence electrons. The number of allylic oxidation sites excluding steroid dienone is 1. The number of pyridine rings is 1. The van der Waals surface area contributed by atoms with Gasteiger partial charge in [0.25, 0.3) is 0 Å². The first-order valence-corrected chi connectivity index (χ1v) is 9.50. The topological polar surface area (TPSA) is 98.5 Å². The SMILES string of the molecule is C=CCn1c(S[C@@H](C)C(=O)Nc2nnc(C)s2)nnc1-c1ccncc1. The molecule has 1 amide bonds. The third-order valence-electron chi connectivity index (χ3n) is 3.37. The van der Waals surface area contributed by atoms with Crippen LogP contribution in [0.3, 0.4) is 0 Å². The molecule has 0 unspecified atom stereocenters. The lowest BCUT2D eigenvalue weighted by atomic mass is 10.2. The van der Waals surface area contributed by atoms with E-state index in [0.717, 1.165) is 10.6 Å². The van der Waals surface area contributed by atoms with E-state index in [2.05, 4.69) is 37.3 Å². The van der Waals surface area contributed by atoms with Gasteiger partial charge in [-0.2, -0.15) is 0 Å². The van der Waals surface area contributed by atoms with Crippen LogP contribution in [-0.2, 0) is 11.3 Å². The summed E-state index contributed by atoms with van der Waals surface area (Å²) in [7, 11) is 0. The summed E-state index contributed by atoms with van der Waals surface area (Å²) in [5.74, 6) is 0.548. The Morgan fingerprint density at radius 2 is 2.12 bits per heavy atom. The number of thioether (sulfide) groups is 1. The third kappa shape index (κ3) is 4.14. The average Bonchev–Trinajstić information content (AvgIpc) is 3.22. The third-order valence-corrected chi connectivity index (χ3v) is 5.21. The van der Waals surface area contributed by atoms with Crippen molar-refractivity contribution in [1.29, 1.82) is 0 Å². The van der Waals surface area contributed by atoms with E-state index >= 15 is 0 Å². The molecule has 0 saturated heterocycles. The van der Waals surface area contributed by atoms with E-state index in [4.69, 9.17) is 0 Å². The first-order chi connectivity index (χ1) is 12.6. The highest BCUT2D eigenvalue weighted by Crippen LogP contribution is 2.27. The van der Waals surface area contributed by atoms with Crippen molar-refractivity contribution < 1.29 is 4.79 Å². The Balaban J connectivity index is 1.77. The summed E-state index contributed by atoms with van der Waals surface area (Å²) in [6.45, 7) is 7.98. The first kappa shape index (κ1) is 18.2. The van der Waals surface area contributed by atoms with Gasteiger partial charge in [0, 0.05) is 24.5 Å². The Morgan fingerprint density at radius 1 is 1.35 bits per heavy atom. The van der Waals surface area contributed by atoms with Gasteiger partial charge in [0.05, 0.1) is 5.25 Å². The molecule has 26 heavy (non-hydrogen) atoms. The average molecular weight is 387 g/mol. The molecule has 3 heterocycles. The Labute approximate surface area is 158 Å². The Bertz CT molecular complexity index is 906. The monoisotopic (exact) mass is 387 g/mol. The number of carbonyl (C=O) groups is 1. The van der Waals surface area contributed by atoms with E-state index in [0.29, 0.717) is 22.7 Å². The van der Waals surface area contributed by atoms with Gasteiger partial charge in [0.15, 0.2) is 11.0 Å². The second kappa shape index (κ2) is 8.19. The van der Waals surface area contributed by atoms with Crippen molar-refractivity contribution in [2.75, 3.05) is 5.32 Å². The maximum atomic E-state index is 12.4. The molecule has 0 aliphatic rings. The fourth-order valence-electron chi connectivity index (χ4n) is 2.15. The molecule has 0 bridgehead atoms. The van der Waals surface area contributed by atoms with Gasteiger partial charge in [-0.05, 0) is 26.0 Å². The van der Waals surface area contributed by atoms with Crippen LogP contribution in [0.5, 0.6) is 0 Å². The number of aryl methyl sites for hydroxylation is 1. The lowest BCUT2D eigenvalue weighted by molar-refractivity contribution is -0.115. The molecule has 0 aliphatic heterocycles. The van der Waals surface area contributed by atoms with Gasteiger partial charge < -0.3 is 0 Å². The quantitative estimate of drug-likeness (QED) is 0.491. The standard InChI is InChI=1S/C16H17N7OS2/c1-4-9-23-13(12-5-7-17-8-6-12)20-22-16(23)25-10(2)14(24)18-15-21-19-11(3)26-15/h4-8,10H,1,9H2,2-3H3,(H,18,21,24)/t10-/m0/s1. The van der Waals surface area contributed by atoms with Crippen molar-refractivity contribution in [2.45, 2.75) is 30.8 Å². The van der Waals surface area contributed by atoms with Gasteiger partial charge in [-0.25, -0.2) is 0 Å². The van der Waals surface area contributed by atoms with Crippen LogP contribution in [0.25, 0.3) is 11.4 Å². The zero-order valence-corrected chi connectivity index (χ0v) is 15.9. The van der Waals surface area contributed by atoms with Crippen molar-refractivity contribution in [3.63, 3.8) is 0 Å². The molecule has 3 rings (SSSR count). The van der Waals surface area contributed by atoms with Crippen molar-refractivity contribution >= 4 is 34.1 Å². The number of hydrogen-bond donors (Lipinski definition) is 1. The van der Waals surface area contributed by atoms with Crippen molar-refractivity contribution in [1.82, 2.24) is 29.9 Å². The predicted octanol–water partition coefficient (Wildman–Crippen LogP) is 2.81. The number of aromatic nitrogens is 6. The lowest BCUT2D eigenvalue weighted by Gasteiger charge is -2.11. The maximum Gasteiger partial charge on any atom is 0.239 e. The van der Waals surface area contributed by atoms with Crippen LogP contribution in [0.1, 0.15) is 11.9 Å². The normalized spacial score (nSPS) is 11.9. The van der Waals surface area contributed by atoms with Gasteiger partial charge in [0.1, 0.15) is 5.01 Å². The number of carbonyl (C=O) groups excluding carboxylic acids is 1. The predicted molar refractivity (Wildman–Crippen MR) is 102 cm³/mol. The number of nitrogens with zero attached hydrogens (tertiary/aromatic N) is 6. The largest absolute Gasteiger partial charge is 0.300 e. The molecule has 0 aliphatic carbocycles. The molecule has 10 heteroatoms. The summed E-state index contributed by atoms with van der Waals surface area (Å²) < 4.78 is 1.92. The van der Waals surface area contributed by atoms with E-state index in [-0.39, 0.29) is 11.2 Å². The Kier molecular flexibility index (Phi) is 5.74. The number of anilines is 1. The second-order valence-electron chi connectivity index (χ2n) is 5.32. The van der Waals surface area contributed by atoms with E-state index in [1.54, 1.807) is 18.5 Å². The van der Waals surface area contributed by atoms with Crippen LogP contribution in [-0.4, -0.2) is 41.1 Å². The highest BCUT2D eigenvalue weighted by molar-refractivity contribution is 8.00. The van der Waals surface area contributed by atoms with Gasteiger partial charge >= 0.3 is 0 Å². The maximum absolute atomic E-state index is 12.4. The molecular formula is C16H17N7OS2. The zero-order chi connectivity index (χ0) is 18.5. The van der Waals surface area contributed by atoms with Crippen LogP contribution in [0.15, 0.2) is 42.3 Å². The summed E-state index contributed by atoms with van der Waals surface area (Å²) >= 11 is 2.67. The number of nitrogens with one attached hydrogen (secondary N) is 1. The minimum Gasteiger partial charge on any atom is -0.300 e.